The van der Waals surface area contributed by atoms with Gasteiger partial charge in [-0.2, -0.15) is 0 Å². The molecule has 0 aromatic carbocycles. The highest BCUT2D eigenvalue weighted by Gasteiger charge is 2.32. The van der Waals surface area contributed by atoms with Crippen LogP contribution in [0.3, 0.4) is 0 Å². The average molecular weight is 589 g/mol. The van der Waals surface area contributed by atoms with Crippen LogP contribution in [-0.4, -0.2) is 59.2 Å². The summed E-state index contributed by atoms with van der Waals surface area (Å²) < 4.78 is 21.3. The number of hydrogen-bond donors (Lipinski definition) is 1. The van der Waals surface area contributed by atoms with Gasteiger partial charge in [-0.25, -0.2) is 14.4 Å². The molecule has 42 heavy (non-hydrogen) atoms. The first-order valence-corrected chi connectivity index (χ1v) is 15.6. The summed E-state index contributed by atoms with van der Waals surface area (Å²) in [6.07, 6.45) is 13.9. The molecule has 4 aliphatic rings. The molecule has 10 heteroatoms. The Labute approximate surface area is 247 Å². The highest BCUT2D eigenvalue weighted by atomic mass is 16.6. The maximum Gasteiger partial charge on any atom is 0.375 e. The fourth-order valence-electron chi connectivity index (χ4n) is 6.57. The molecule has 4 saturated carbocycles. The molecule has 4 fully saturated rings. The molecule has 0 heterocycles. The number of aliphatic hydroxyl groups is 1. The van der Waals surface area contributed by atoms with Crippen molar-refractivity contribution < 1.29 is 48.0 Å². The van der Waals surface area contributed by atoms with Crippen LogP contribution in [0.2, 0.25) is 0 Å². The minimum absolute atomic E-state index is 0.145. The van der Waals surface area contributed by atoms with Crippen LogP contribution >= 0.6 is 0 Å². The summed E-state index contributed by atoms with van der Waals surface area (Å²) in [6, 6.07) is 0. The predicted molar refractivity (Wildman–Crippen MR) is 150 cm³/mol. The van der Waals surface area contributed by atoms with Crippen molar-refractivity contribution in [3.8, 4) is 0 Å². The molecule has 0 bridgehead atoms. The highest BCUT2D eigenvalue weighted by molar-refractivity contribution is 6.36. The number of carbonyl (C=O) groups is 5. The van der Waals surface area contributed by atoms with Gasteiger partial charge in [0.25, 0.3) is 5.78 Å². The van der Waals surface area contributed by atoms with Gasteiger partial charge in [0.05, 0.1) is 6.08 Å². The summed E-state index contributed by atoms with van der Waals surface area (Å²) in [5, 5.41) is 9.93. The molecular weight excluding hydrogens is 544 g/mol. The lowest BCUT2D eigenvalue weighted by molar-refractivity contribution is -0.162. The molecule has 0 amide bonds. The predicted octanol–water partition coefficient (Wildman–Crippen LogP) is 5.12. The Morgan fingerprint density at radius 3 is 1.98 bits per heavy atom. The molecule has 0 aromatic heterocycles. The van der Waals surface area contributed by atoms with E-state index in [2.05, 4.69) is 13.0 Å². The third-order valence-corrected chi connectivity index (χ3v) is 9.02. The van der Waals surface area contributed by atoms with Gasteiger partial charge < -0.3 is 24.1 Å². The molecular formula is C32H44O10. The van der Waals surface area contributed by atoms with Crippen molar-refractivity contribution in [3.63, 3.8) is 0 Å². The second-order valence-electron chi connectivity index (χ2n) is 12.3. The van der Waals surface area contributed by atoms with Crippen molar-refractivity contribution in [2.45, 2.75) is 134 Å². The summed E-state index contributed by atoms with van der Waals surface area (Å²) in [6.45, 7) is 2.06. The fraction of sp³-hybridized carbons (Fsp3) is 0.719. The molecule has 10 nitrogen and oxygen atoms in total. The standard InChI is InChI=1S/C32H44O10/c1-20(22-13-15-26(17-22)40-30(36)19-27(33)31(37)41-24-8-4-5-9-24)10-11-21-12-14-25(16-21)42-32(38)28(34)18-29(35)39-23-6-2-3-7-23/h10,19,21-26,33H,2-9,11-18H2,1H3/b20-10-,27-19-. The summed E-state index contributed by atoms with van der Waals surface area (Å²) >= 11 is 0. The van der Waals surface area contributed by atoms with Crippen LogP contribution in [0.15, 0.2) is 23.5 Å². The van der Waals surface area contributed by atoms with E-state index in [1.165, 1.54) is 5.57 Å². The van der Waals surface area contributed by atoms with Crippen molar-refractivity contribution in [3.05, 3.63) is 23.5 Å². The van der Waals surface area contributed by atoms with Gasteiger partial charge in [-0.3, -0.25) is 9.59 Å². The van der Waals surface area contributed by atoms with Gasteiger partial charge in [0.2, 0.25) is 5.76 Å². The summed E-state index contributed by atoms with van der Waals surface area (Å²) in [5.74, 6) is -4.26. The molecule has 4 aliphatic carbocycles. The maximum atomic E-state index is 12.2. The number of ketones is 1. The van der Waals surface area contributed by atoms with E-state index in [1.54, 1.807) is 0 Å². The Balaban J connectivity index is 1.13. The minimum atomic E-state index is -0.962. The number of ether oxygens (including phenoxy) is 4. The number of rotatable bonds is 12. The Morgan fingerprint density at radius 1 is 0.690 bits per heavy atom. The molecule has 4 rings (SSSR count). The normalized spacial score (nSPS) is 27.2. The molecule has 0 radical (unpaired) electrons. The zero-order valence-electron chi connectivity index (χ0n) is 24.6. The molecule has 0 saturated heterocycles. The van der Waals surface area contributed by atoms with Crippen LogP contribution in [0.1, 0.15) is 110 Å². The van der Waals surface area contributed by atoms with Crippen LogP contribution in [0, 0.1) is 11.8 Å². The van der Waals surface area contributed by atoms with E-state index in [-0.39, 0.29) is 30.3 Å². The van der Waals surface area contributed by atoms with Gasteiger partial charge >= 0.3 is 23.9 Å². The van der Waals surface area contributed by atoms with Crippen LogP contribution in [0.4, 0.5) is 0 Å². The van der Waals surface area contributed by atoms with E-state index in [0.717, 1.165) is 76.7 Å². The van der Waals surface area contributed by atoms with E-state index >= 15 is 0 Å². The van der Waals surface area contributed by atoms with Crippen molar-refractivity contribution in [1.29, 1.82) is 0 Å². The lowest BCUT2D eigenvalue weighted by atomic mass is 9.95. The molecule has 0 aliphatic heterocycles. The van der Waals surface area contributed by atoms with Gasteiger partial charge in [0.1, 0.15) is 30.8 Å². The van der Waals surface area contributed by atoms with Gasteiger partial charge in [0.15, 0.2) is 0 Å². The lowest BCUT2D eigenvalue weighted by Gasteiger charge is -2.14. The number of hydrogen-bond acceptors (Lipinski definition) is 10. The van der Waals surface area contributed by atoms with E-state index in [0.29, 0.717) is 31.6 Å². The smallest absolute Gasteiger partial charge is 0.375 e. The maximum absolute atomic E-state index is 12.2. The summed E-state index contributed by atoms with van der Waals surface area (Å²) in [5.41, 5.74) is 1.21. The second-order valence-corrected chi connectivity index (χ2v) is 12.3. The van der Waals surface area contributed by atoms with E-state index < -0.39 is 41.8 Å². The molecule has 0 aromatic rings. The van der Waals surface area contributed by atoms with Crippen molar-refractivity contribution in [1.82, 2.24) is 0 Å². The van der Waals surface area contributed by atoms with Gasteiger partial charge in [-0.15, -0.1) is 0 Å². The minimum Gasteiger partial charge on any atom is -0.502 e. The average Bonchev–Trinajstić information content (AvgIpc) is 3.76. The van der Waals surface area contributed by atoms with Crippen molar-refractivity contribution in [2.24, 2.45) is 11.8 Å². The van der Waals surface area contributed by atoms with Crippen LogP contribution < -0.4 is 0 Å². The summed E-state index contributed by atoms with van der Waals surface area (Å²) in [7, 11) is 0. The zero-order valence-corrected chi connectivity index (χ0v) is 24.6. The van der Waals surface area contributed by atoms with Gasteiger partial charge in [-0.1, -0.05) is 11.6 Å². The SMILES string of the molecule is C/C(=C/CC1CCC(OC(=O)C(=O)CC(=O)OC2CCCC2)C1)C1CCC(OC(=O)/C=C(\O)C(=O)OC2CCCC2)C1. The van der Waals surface area contributed by atoms with Gasteiger partial charge in [-0.05, 0) is 115 Å². The zero-order chi connectivity index (χ0) is 30.1. The Hall–Kier alpha value is -3.17. The number of aliphatic hydroxyl groups excluding tert-OH is 1. The van der Waals surface area contributed by atoms with Gasteiger partial charge in [0, 0.05) is 0 Å². The number of carbonyl (C=O) groups excluding carboxylic acids is 5. The van der Waals surface area contributed by atoms with Crippen molar-refractivity contribution >= 4 is 29.7 Å². The molecule has 0 spiro atoms. The first-order chi connectivity index (χ1) is 20.2. The quantitative estimate of drug-likeness (QED) is 0.0621. The van der Waals surface area contributed by atoms with E-state index in [1.807, 2.05) is 0 Å². The van der Waals surface area contributed by atoms with E-state index in [4.69, 9.17) is 18.9 Å². The molecule has 4 unspecified atom stereocenters. The monoisotopic (exact) mass is 588 g/mol. The number of Topliss-reactive ketones (excluding diaryl/α,β-unsaturated/α-hetero) is 1. The third-order valence-electron chi connectivity index (χ3n) is 9.02. The highest BCUT2D eigenvalue weighted by Crippen LogP contribution is 2.36. The van der Waals surface area contributed by atoms with Crippen LogP contribution in [0.25, 0.3) is 0 Å². The lowest BCUT2D eigenvalue weighted by Crippen LogP contribution is -2.26. The second kappa shape index (κ2) is 15.3. The fourth-order valence-corrected chi connectivity index (χ4v) is 6.57. The number of esters is 4. The molecule has 232 valence electrons. The Kier molecular flexibility index (Phi) is 11.6. The Morgan fingerprint density at radius 2 is 1.29 bits per heavy atom. The number of allylic oxidation sites excluding steroid dienone is 2. The molecule has 1 N–H and O–H groups in total. The Bertz CT molecular complexity index is 1060. The van der Waals surface area contributed by atoms with E-state index in [9.17, 15) is 29.1 Å². The summed E-state index contributed by atoms with van der Waals surface area (Å²) in [4.78, 5) is 60.5. The molecule has 4 atom stereocenters. The largest absolute Gasteiger partial charge is 0.502 e. The first kappa shape index (κ1) is 31.8. The van der Waals surface area contributed by atoms with Crippen LogP contribution in [-0.2, 0) is 42.9 Å². The van der Waals surface area contributed by atoms with Crippen LogP contribution in [0.5, 0.6) is 0 Å². The first-order valence-electron chi connectivity index (χ1n) is 15.6. The topological polar surface area (TPSA) is 142 Å². The van der Waals surface area contributed by atoms with Crippen molar-refractivity contribution in [2.75, 3.05) is 0 Å². The third kappa shape index (κ3) is 9.70.